The van der Waals surface area contributed by atoms with Crippen molar-refractivity contribution in [3.8, 4) is 0 Å². The molecule has 0 fully saturated rings. The van der Waals surface area contributed by atoms with E-state index in [0.717, 1.165) is 10.4 Å². The van der Waals surface area contributed by atoms with Crippen molar-refractivity contribution in [2.45, 2.75) is 0 Å². The molecule has 0 saturated carbocycles. The van der Waals surface area contributed by atoms with E-state index in [1.54, 1.807) is 11.0 Å². The molecule has 0 unspecified atom stereocenters. The second kappa shape index (κ2) is 5.23. The molecule has 0 aromatic carbocycles. The average molecular weight is 143 g/mol. The van der Waals surface area contributed by atoms with Gasteiger partial charge >= 0.3 is 0 Å². The average Bonchev–Trinajstić information content (AvgIpc) is 1.41. The topological polar surface area (TPSA) is 12.0 Å². The zero-order valence-corrected chi connectivity index (χ0v) is 7.29. The van der Waals surface area contributed by atoms with Gasteiger partial charge in [0.1, 0.15) is 0 Å². The zero-order valence-electron chi connectivity index (χ0n) is 2.76. The summed E-state index contributed by atoms with van der Waals surface area (Å²) in [4.78, 5) is 0. The number of rotatable bonds is 2. The Morgan fingerprint density at radius 1 is 1.80 bits per heavy atom. The Hall–Kier alpha value is 1.23. The SMILES string of the molecule is [SiH3]NSSS. The lowest BCUT2D eigenvalue weighted by molar-refractivity contribution is 1.75. The van der Waals surface area contributed by atoms with Crippen LogP contribution in [0.15, 0.2) is 0 Å². The Bertz CT molecular complexity index is 14.4. The Balaban J connectivity index is 2.19. The highest BCUT2D eigenvalue weighted by Crippen LogP contribution is 2.18. The van der Waals surface area contributed by atoms with Crippen molar-refractivity contribution in [2.24, 2.45) is 0 Å². The molecule has 0 aliphatic heterocycles. The van der Waals surface area contributed by atoms with Gasteiger partial charge in [0.25, 0.3) is 0 Å². The fourth-order valence-electron chi connectivity index (χ4n) is 0.0373. The van der Waals surface area contributed by atoms with Crippen LogP contribution in [0.2, 0.25) is 0 Å². The van der Waals surface area contributed by atoms with Crippen LogP contribution in [0.25, 0.3) is 0 Å². The quantitative estimate of drug-likeness (QED) is 0.244. The molecule has 0 rings (SSSR count). The van der Waals surface area contributed by atoms with E-state index >= 15 is 0 Å². The van der Waals surface area contributed by atoms with E-state index in [1.165, 1.54) is 9.83 Å². The van der Waals surface area contributed by atoms with Crippen LogP contribution in [0.3, 0.4) is 0 Å². The summed E-state index contributed by atoms with van der Waals surface area (Å²) in [6.45, 7) is 0. The second-order valence-corrected chi connectivity index (χ2v) is 4.60. The first-order chi connectivity index (χ1) is 2.41. The minimum atomic E-state index is 1.04. The van der Waals surface area contributed by atoms with E-state index in [-0.39, 0.29) is 0 Å². The molecular weight excluding hydrogens is 138 g/mol. The number of hydrogen-bond acceptors (Lipinski definition) is 4. The van der Waals surface area contributed by atoms with Gasteiger partial charge in [0.2, 0.25) is 0 Å². The van der Waals surface area contributed by atoms with Gasteiger partial charge in [-0.3, -0.25) is 4.39 Å². The van der Waals surface area contributed by atoms with Crippen LogP contribution in [0.1, 0.15) is 0 Å². The molecule has 0 radical (unpaired) electrons. The third kappa shape index (κ3) is 5.23. The van der Waals surface area contributed by atoms with Gasteiger partial charge in [-0.15, -0.1) is 0 Å². The molecule has 0 bridgehead atoms. The van der Waals surface area contributed by atoms with Crippen LogP contribution >= 0.6 is 32.5 Å². The molecule has 0 aliphatic carbocycles. The monoisotopic (exact) mass is 143 g/mol. The molecule has 1 nitrogen and oxygen atoms in total. The second-order valence-electron chi connectivity index (χ2n) is 0.362. The predicted molar refractivity (Wildman–Crippen MR) is 37.2 cm³/mol. The lowest BCUT2D eigenvalue weighted by atomic mass is 13.9. The Morgan fingerprint density at radius 2 is 2.40 bits per heavy atom. The predicted octanol–water partition coefficient (Wildman–Crippen LogP) is -0.00240. The number of thiol groups is 1. The molecule has 0 spiro atoms. The molecule has 1 N–H and O–H groups in total. The molecule has 32 valence electrons. The van der Waals surface area contributed by atoms with Crippen LogP contribution in [0.4, 0.5) is 0 Å². The molecular formula is H5NS3Si. The van der Waals surface area contributed by atoms with Crippen LogP contribution in [-0.4, -0.2) is 10.4 Å². The molecule has 0 saturated heterocycles. The normalized spacial score (nSPS) is 9.00. The molecule has 0 heterocycles. The van der Waals surface area contributed by atoms with Crippen molar-refractivity contribution >= 4 is 42.9 Å². The van der Waals surface area contributed by atoms with Crippen LogP contribution in [0.5, 0.6) is 0 Å². The van der Waals surface area contributed by atoms with Gasteiger partial charge in [0, 0.05) is 0 Å². The van der Waals surface area contributed by atoms with E-state index in [2.05, 4.69) is 16.0 Å². The van der Waals surface area contributed by atoms with Crippen molar-refractivity contribution in [3.05, 3.63) is 0 Å². The summed E-state index contributed by atoms with van der Waals surface area (Å²) in [6.07, 6.45) is 0. The molecule has 0 atom stereocenters. The first-order valence-electron chi connectivity index (χ1n) is 1.05. The van der Waals surface area contributed by atoms with Crippen LogP contribution < -0.4 is 4.39 Å². The fraction of sp³-hybridized carbons (Fsp3) is 0. The Labute approximate surface area is 47.5 Å². The fourth-order valence-corrected chi connectivity index (χ4v) is 3.02. The van der Waals surface area contributed by atoms with Gasteiger partial charge in [-0.05, 0) is 20.8 Å². The lowest BCUT2D eigenvalue weighted by Gasteiger charge is -1.82. The largest absolute Gasteiger partial charge is 0.285 e. The maximum absolute atomic E-state index is 3.84. The van der Waals surface area contributed by atoms with E-state index in [4.69, 9.17) is 0 Å². The summed E-state index contributed by atoms with van der Waals surface area (Å²) < 4.78 is 2.96. The Kier molecular flexibility index (Phi) is 6.51. The number of hydrogen-bond donors (Lipinski definition) is 2. The van der Waals surface area contributed by atoms with Gasteiger partial charge in [0.15, 0.2) is 0 Å². The lowest BCUT2D eigenvalue weighted by Crippen LogP contribution is -1.87. The van der Waals surface area contributed by atoms with Gasteiger partial charge in [-0.1, -0.05) is 11.7 Å². The van der Waals surface area contributed by atoms with E-state index in [1.807, 2.05) is 0 Å². The van der Waals surface area contributed by atoms with Gasteiger partial charge in [-0.25, -0.2) is 0 Å². The first kappa shape index (κ1) is 6.23. The van der Waals surface area contributed by atoms with Crippen molar-refractivity contribution in [3.63, 3.8) is 0 Å². The minimum absolute atomic E-state index is 1.04. The van der Waals surface area contributed by atoms with Crippen molar-refractivity contribution < 1.29 is 0 Å². The smallest absolute Gasteiger partial charge is 0.0895 e. The summed E-state index contributed by atoms with van der Waals surface area (Å²) >= 11 is 3.84. The summed E-state index contributed by atoms with van der Waals surface area (Å²) in [5.74, 6) is 0. The maximum Gasteiger partial charge on any atom is 0.0895 e. The summed E-state index contributed by atoms with van der Waals surface area (Å²) in [7, 11) is 4.03. The van der Waals surface area contributed by atoms with Crippen molar-refractivity contribution in [1.82, 2.24) is 4.39 Å². The van der Waals surface area contributed by atoms with E-state index in [0.29, 0.717) is 0 Å². The first-order valence-corrected chi connectivity index (χ1v) is 5.26. The molecule has 0 aliphatic rings. The van der Waals surface area contributed by atoms with Gasteiger partial charge in [-0.2, -0.15) is 0 Å². The maximum atomic E-state index is 3.84. The third-order valence-electron chi connectivity index (χ3n) is 0.121. The van der Waals surface area contributed by atoms with E-state index < -0.39 is 0 Å². The van der Waals surface area contributed by atoms with Gasteiger partial charge in [0.05, 0.1) is 10.4 Å². The number of nitrogens with one attached hydrogen (secondary N) is 1. The van der Waals surface area contributed by atoms with Gasteiger partial charge < -0.3 is 0 Å². The summed E-state index contributed by atoms with van der Waals surface area (Å²) in [5.41, 5.74) is 0. The van der Waals surface area contributed by atoms with Crippen LogP contribution in [0, 0.1) is 0 Å². The standard InChI is InChI=1S/H5NS3Si/c2-4-3-1-5/h1-2H,5H3. The van der Waals surface area contributed by atoms with E-state index in [9.17, 15) is 0 Å². The summed E-state index contributed by atoms with van der Waals surface area (Å²) in [5, 5.41) is 0. The summed E-state index contributed by atoms with van der Waals surface area (Å²) in [6, 6.07) is 0. The third-order valence-corrected chi connectivity index (χ3v) is 3.26. The molecule has 5 heteroatoms. The highest BCUT2D eigenvalue weighted by Gasteiger charge is 1.66. The highest BCUT2D eigenvalue weighted by molar-refractivity contribution is 9.05. The molecule has 0 aromatic rings. The van der Waals surface area contributed by atoms with Crippen LogP contribution in [-0.2, 0) is 0 Å². The van der Waals surface area contributed by atoms with Crippen molar-refractivity contribution in [2.75, 3.05) is 0 Å². The van der Waals surface area contributed by atoms with Crippen molar-refractivity contribution in [1.29, 1.82) is 0 Å². The molecule has 0 aromatic heterocycles. The highest BCUT2D eigenvalue weighted by atomic mass is 33.5. The molecule has 0 amide bonds. The molecule has 5 heavy (non-hydrogen) atoms. The Morgan fingerprint density at radius 3 is 2.40 bits per heavy atom. The minimum Gasteiger partial charge on any atom is -0.285 e. The zero-order chi connectivity index (χ0) is 4.12.